The summed E-state index contributed by atoms with van der Waals surface area (Å²) in [6.07, 6.45) is 1.92. The van der Waals surface area contributed by atoms with Crippen LogP contribution in [0.4, 0.5) is 0 Å². The topological polar surface area (TPSA) is 108 Å². The number of sulfonamides is 1. The number of amides is 1. The summed E-state index contributed by atoms with van der Waals surface area (Å²) in [6.45, 7) is 0.279. The molecule has 98 valence electrons. The van der Waals surface area contributed by atoms with Crippen LogP contribution in [0.1, 0.15) is 12.8 Å². The van der Waals surface area contributed by atoms with E-state index in [0.717, 1.165) is 12.3 Å². The molecule has 1 amide bonds. The lowest BCUT2D eigenvalue weighted by Gasteiger charge is -2.23. The molecule has 0 aliphatic carbocycles. The average molecular weight is 271 g/mol. The average Bonchev–Trinajstić information content (AvgIpc) is 2.32. The molecule has 1 atom stereocenters. The Hall–Kier alpha value is -1.67. The summed E-state index contributed by atoms with van der Waals surface area (Å²) in [5, 5.41) is 2.59. The van der Waals surface area contributed by atoms with Crippen molar-refractivity contribution in [1.29, 1.82) is 0 Å². The molecular weight excluding hydrogens is 258 g/mol. The summed E-state index contributed by atoms with van der Waals surface area (Å²) < 4.78 is 26.4. The Morgan fingerprint density at radius 3 is 2.61 bits per heavy atom. The van der Waals surface area contributed by atoms with Crippen molar-refractivity contribution in [1.82, 2.24) is 15.0 Å². The van der Waals surface area contributed by atoms with E-state index in [1.54, 1.807) is 0 Å². The Labute approximate surface area is 104 Å². The maximum Gasteiger partial charge on any atom is 0.247 e. The van der Waals surface area contributed by atoms with E-state index in [-0.39, 0.29) is 28.9 Å². The van der Waals surface area contributed by atoms with E-state index >= 15 is 0 Å². The third-order valence-electron chi connectivity index (χ3n) is 2.65. The molecule has 1 aliphatic heterocycles. The molecule has 1 aromatic rings. The first-order valence-electron chi connectivity index (χ1n) is 5.45. The van der Waals surface area contributed by atoms with Gasteiger partial charge in [0, 0.05) is 31.3 Å². The number of nitrogens with one attached hydrogen (secondary N) is 3. The van der Waals surface area contributed by atoms with Gasteiger partial charge in [-0.05, 0) is 12.5 Å². The summed E-state index contributed by atoms with van der Waals surface area (Å²) in [4.78, 5) is 24.1. The predicted molar refractivity (Wildman–Crippen MR) is 63.4 cm³/mol. The van der Waals surface area contributed by atoms with Gasteiger partial charge >= 0.3 is 0 Å². The minimum Gasteiger partial charge on any atom is -0.355 e. The number of hydrogen-bond donors (Lipinski definition) is 3. The van der Waals surface area contributed by atoms with Gasteiger partial charge in [-0.25, -0.2) is 13.1 Å². The molecule has 0 bridgehead atoms. The third-order valence-corrected chi connectivity index (χ3v) is 4.17. The zero-order valence-electron chi connectivity index (χ0n) is 9.47. The lowest BCUT2D eigenvalue weighted by Crippen LogP contribution is -2.47. The van der Waals surface area contributed by atoms with Crippen molar-refractivity contribution in [3.8, 4) is 0 Å². The zero-order chi connectivity index (χ0) is 13.2. The van der Waals surface area contributed by atoms with Crippen LogP contribution < -0.4 is 15.6 Å². The molecule has 18 heavy (non-hydrogen) atoms. The van der Waals surface area contributed by atoms with Crippen molar-refractivity contribution in [2.75, 3.05) is 6.54 Å². The van der Waals surface area contributed by atoms with Crippen molar-refractivity contribution in [3.63, 3.8) is 0 Å². The van der Waals surface area contributed by atoms with Crippen molar-refractivity contribution in [2.45, 2.75) is 23.8 Å². The molecule has 2 heterocycles. The maximum absolute atomic E-state index is 11.9. The van der Waals surface area contributed by atoms with E-state index in [1.165, 1.54) is 6.07 Å². The van der Waals surface area contributed by atoms with Gasteiger partial charge in [0.05, 0.1) is 4.90 Å². The van der Waals surface area contributed by atoms with Gasteiger partial charge in [-0.15, -0.1) is 0 Å². The number of carbonyl (C=O) groups is 1. The van der Waals surface area contributed by atoms with Gasteiger partial charge in [0.2, 0.25) is 21.5 Å². The zero-order valence-corrected chi connectivity index (χ0v) is 10.3. The standard InChI is InChI=1S/C10H13N3O4S/c14-9-3-1-7(5-11-9)13-18(16,17)8-2-4-10(15)12-6-8/h2,4,6-7,13H,1,3,5H2,(H,11,14)(H,12,15). The second-order valence-electron chi connectivity index (χ2n) is 4.05. The normalized spacial score (nSPS) is 20.4. The van der Waals surface area contributed by atoms with Crippen LogP contribution in [0, 0.1) is 0 Å². The predicted octanol–water partition coefficient (Wildman–Crippen LogP) is -1.07. The van der Waals surface area contributed by atoms with E-state index < -0.39 is 10.0 Å². The number of aromatic nitrogens is 1. The molecule has 3 N–H and O–H groups in total. The molecule has 0 radical (unpaired) electrons. The number of rotatable bonds is 3. The highest BCUT2D eigenvalue weighted by Gasteiger charge is 2.24. The smallest absolute Gasteiger partial charge is 0.247 e. The number of hydrogen-bond acceptors (Lipinski definition) is 4. The maximum atomic E-state index is 11.9. The molecule has 1 saturated heterocycles. The molecule has 1 aliphatic rings. The minimum absolute atomic E-state index is 0.000926. The van der Waals surface area contributed by atoms with Crippen molar-refractivity contribution in [2.24, 2.45) is 0 Å². The van der Waals surface area contributed by atoms with Gasteiger partial charge in [0.15, 0.2) is 0 Å². The molecule has 7 nitrogen and oxygen atoms in total. The van der Waals surface area contributed by atoms with Gasteiger partial charge in [0.1, 0.15) is 0 Å². The van der Waals surface area contributed by atoms with Crippen LogP contribution in [0.2, 0.25) is 0 Å². The SMILES string of the molecule is O=C1CCC(NS(=O)(=O)c2ccc(=O)[nH]c2)CN1. The van der Waals surface area contributed by atoms with Crippen LogP contribution in [-0.4, -0.2) is 31.9 Å². The van der Waals surface area contributed by atoms with Crippen molar-refractivity contribution in [3.05, 3.63) is 28.7 Å². The van der Waals surface area contributed by atoms with E-state index in [1.807, 2.05) is 0 Å². The lowest BCUT2D eigenvalue weighted by atomic mass is 10.1. The number of piperidine rings is 1. The Morgan fingerprint density at radius 2 is 2.06 bits per heavy atom. The van der Waals surface area contributed by atoms with Crippen LogP contribution in [0.25, 0.3) is 0 Å². The quantitative estimate of drug-likeness (QED) is 0.650. The first-order valence-corrected chi connectivity index (χ1v) is 6.93. The second kappa shape index (κ2) is 4.91. The summed E-state index contributed by atoms with van der Waals surface area (Å²) >= 11 is 0. The molecule has 0 aromatic carbocycles. The van der Waals surface area contributed by atoms with E-state index in [4.69, 9.17) is 0 Å². The third kappa shape index (κ3) is 2.96. The summed E-state index contributed by atoms with van der Waals surface area (Å²) in [5.74, 6) is -0.0745. The van der Waals surface area contributed by atoms with Crippen LogP contribution >= 0.6 is 0 Å². The van der Waals surface area contributed by atoms with E-state index in [2.05, 4.69) is 15.0 Å². The molecule has 8 heteroatoms. The molecule has 1 aromatic heterocycles. The van der Waals surface area contributed by atoms with Crippen LogP contribution in [-0.2, 0) is 14.8 Å². The molecular formula is C10H13N3O4S. The van der Waals surface area contributed by atoms with Crippen LogP contribution in [0.5, 0.6) is 0 Å². The highest BCUT2D eigenvalue weighted by atomic mass is 32.2. The first-order chi connectivity index (χ1) is 8.47. The summed E-state index contributed by atoms with van der Waals surface area (Å²) in [7, 11) is -3.67. The summed E-state index contributed by atoms with van der Waals surface area (Å²) in [6, 6.07) is 2.07. The molecule has 2 rings (SSSR count). The number of aromatic amines is 1. The highest BCUT2D eigenvalue weighted by Crippen LogP contribution is 2.09. The monoisotopic (exact) mass is 271 g/mol. The molecule has 1 unspecified atom stereocenters. The lowest BCUT2D eigenvalue weighted by molar-refractivity contribution is -0.122. The Bertz CT molecular complexity index is 577. The first kappa shape index (κ1) is 12.8. The van der Waals surface area contributed by atoms with E-state index in [0.29, 0.717) is 12.8 Å². The largest absolute Gasteiger partial charge is 0.355 e. The fourth-order valence-electron chi connectivity index (χ4n) is 1.68. The minimum atomic E-state index is -3.67. The van der Waals surface area contributed by atoms with Crippen LogP contribution in [0.15, 0.2) is 28.0 Å². The van der Waals surface area contributed by atoms with Crippen LogP contribution in [0.3, 0.4) is 0 Å². The van der Waals surface area contributed by atoms with E-state index in [9.17, 15) is 18.0 Å². The Morgan fingerprint density at radius 1 is 1.28 bits per heavy atom. The second-order valence-corrected chi connectivity index (χ2v) is 5.76. The fourth-order valence-corrected chi connectivity index (χ4v) is 2.92. The van der Waals surface area contributed by atoms with Gasteiger partial charge in [-0.1, -0.05) is 0 Å². The molecule has 0 spiro atoms. The highest BCUT2D eigenvalue weighted by molar-refractivity contribution is 7.89. The van der Waals surface area contributed by atoms with Gasteiger partial charge < -0.3 is 10.3 Å². The Balaban J connectivity index is 2.10. The molecule has 1 fully saturated rings. The van der Waals surface area contributed by atoms with Gasteiger partial charge in [0.25, 0.3) is 0 Å². The summed E-state index contributed by atoms with van der Waals surface area (Å²) in [5.41, 5.74) is -0.362. The number of pyridine rings is 1. The number of H-pyrrole nitrogens is 1. The number of carbonyl (C=O) groups excluding carboxylic acids is 1. The van der Waals surface area contributed by atoms with Crippen molar-refractivity contribution >= 4 is 15.9 Å². The van der Waals surface area contributed by atoms with Gasteiger partial charge in [-0.3, -0.25) is 9.59 Å². The van der Waals surface area contributed by atoms with Crippen molar-refractivity contribution < 1.29 is 13.2 Å². The molecule has 0 saturated carbocycles. The van der Waals surface area contributed by atoms with Gasteiger partial charge in [-0.2, -0.15) is 0 Å². The fraction of sp³-hybridized carbons (Fsp3) is 0.400. The Kier molecular flexibility index (Phi) is 3.48.